The van der Waals surface area contributed by atoms with E-state index in [1.807, 2.05) is 11.0 Å². The molecule has 1 aromatic carbocycles. The highest BCUT2D eigenvalue weighted by Crippen LogP contribution is 2.43. The molecule has 0 saturated carbocycles. The monoisotopic (exact) mass is 380 g/mol. The molecule has 7 heteroatoms. The third kappa shape index (κ3) is 3.49. The van der Waals surface area contributed by atoms with E-state index in [0.29, 0.717) is 11.6 Å². The maximum atomic E-state index is 12.2. The number of fused-ring (bicyclic) bond motifs is 1. The van der Waals surface area contributed by atoms with Crippen LogP contribution in [0.3, 0.4) is 0 Å². The Kier molecular flexibility index (Phi) is 5.25. The summed E-state index contributed by atoms with van der Waals surface area (Å²) < 4.78 is 24.3. The smallest absolute Gasteiger partial charge is 0.247 e. The number of thioether (sulfide) groups is 1. The van der Waals surface area contributed by atoms with Crippen LogP contribution < -0.4 is 4.90 Å². The fourth-order valence-corrected chi connectivity index (χ4v) is 7.45. The van der Waals surface area contributed by atoms with Gasteiger partial charge in [0.15, 0.2) is 15.0 Å². The van der Waals surface area contributed by atoms with E-state index in [2.05, 4.69) is 31.0 Å². The van der Waals surface area contributed by atoms with Crippen molar-refractivity contribution in [3.63, 3.8) is 0 Å². The van der Waals surface area contributed by atoms with Crippen LogP contribution in [0.2, 0.25) is 0 Å². The molecule has 2 aliphatic rings. The van der Waals surface area contributed by atoms with Crippen molar-refractivity contribution in [2.75, 3.05) is 16.4 Å². The number of benzene rings is 1. The molecule has 0 bridgehead atoms. The largest absolute Gasteiger partial charge is 0.315 e. The molecule has 0 unspecified atom stereocenters. The number of para-hydroxylation sites is 1. The Morgan fingerprint density at radius 2 is 1.84 bits per heavy atom. The predicted molar refractivity (Wildman–Crippen MR) is 104 cm³/mol. The number of anilines is 1. The number of aryl methyl sites for hydroxylation is 2. The number of aliphatic imine (C=N–C) groups is 1. The predicted octanol–water partition coefficient (Wildman–Crippen LogP) is 2.82. The van der Waals surface area contributed by atoms with E-state index in [1.165, 1.54) is 22.9 Å². The third-order valence-electron chi connectivity index (χ3n) is 4.80. The molecular formula is C18H24N2O3S2. The Balaban J connectivity index is 2.15. The topological polar surface area (TPSA) is 66.8 Å². The Morgan fingerprint density at radius 1 is 1.20 bits per heavy atom. The van der Waals surface area contributed by atoms with Gasteiger partial charge in [0.2, 0.25) is 5.91 Å². The van der Waals surface area contributed by atoms with E-state index >= 15 is 0 Å². The van der Waals surface area contributed by atoms with E-state index in [4.69, 9.17) is 0 Å². The highest BCUT2D eigenvalue weighted by molar-refractivity contribution is 8.16. The van der Waals surface area contributed by atoms with Crippen LogP contribution in [0.25, 0.3) is 0 Å². The Morgan fingerprint density at radius 3 is 2.40 bits per heavy atom. The fourth-order valence-electron chi connectivity index (χ4n) is 3.54. The number of rotatable bonds is 4. The van der Waals surface area contributed by atoms with Crippen LogP contribution in [0.5, 0.6) is 0 Å². The summed E-state index contributed by atoms with van der Waals surface area (Å²) in [6.07, 6.45) is 2.05. The molecule has 136 valence electrons. The first kappa shape index (κ1) is 18.5. The molecule has 0 aliphatic carbocycles. The van der Waals surface area contributed by atoms with E-state index in [-0.39, 0.29) is 28.7 Å². The van der Waals surface area contributed by atoms with Gasteiger partial charge in [0.05, 0.1) is 17.5 Å². The summed E-state index contributed by atoms with van der Waals surface area (Å²) in [7, 11) is -3.05. The van der Waals surface area contributed by atoms with Gasteiger partial charge in [0.1, 0.15) is 0 Å². The van der Waals surface area contributed by atoms with Crippen LogP contribution in [0.15, 0.2) is 23.2 Å². The molecule has 5 nitrogen and oxygen atoms in total. The molecule has 0 spiro atoms. The van der Waals surface area contributed by atoms with Crippen molar-refractivity contribution >= 4 is 38.4 Å². The van der Waals surface area contributed by atoms with E-state index in [1.54, 1.807) is 6.92 Å². The Bertz CT molecular complexity index is 795. The minimum atomic E-state index is -3.05. The lowest BCUT2D eigenvalue weighted by Gasteiger charge is -2.29. The lowest BCUT2D eigenvalue weighted by molar-refractivity contribution is -0.117. The van der Waals surface area contributed by atoms with Gasteiger partial charge in [-0.2, -0.15) is 4.99 Å². The maximum Gasteiger partial charge on any atom is 0.247 e. The summed E-state index contributed by atoms with van der Waals surface area (Å²) in [5.41, 5.74) is 3.38. The summed E-state index contributed by atoms with van der Waals surface area (Å²) in [6.45, 7) is 5.98. The van der Waals surface area contributed by atoms with Crippen LogP contribution in [-0.2, 0) is 27.5 Å². The summed E-state index contributed by atoms with van der Waals surface area (Å²) >= 11 is 1.44. The van der Waals surface area contributed by atoms with Gasteiger partial charge in [-0.3, -0.25) is 4.79 Å². The first-order valence-electron chi connectivity index (χ1n) is 8.78. The first-order chi connectivity index (χ1) is 11.9. The Labute approximate surface area is 153 Å². The average molecular weight is 381 g/mol. The van der Waals surface area contributed by atoms with Crippen molar-refractivity contribution in [3.8, 4) is 0 Å². The zero-order chi connectivity index (χ0) is 18.2. The highest BCUT2D eigenvalue weighted by atomic mass is 32.2. The van der Waals surface area contributed by atoms with Gasteiger partial charge >= 0.3 is 0 Å². The van der Waals surface area contributed by atoms with E-state index in [0.717, 1.165) is 18.5 Å². The number of nitrogens with zero attached hydrogens (tertiary/aromatic N) is 2. The molecule has 2 saturated heterocycles. The third-order valence-corrected chi connectivity index (χ3v) is 8.00. The van der Waals surface area contributed by atoms with Gasteiger partial charge in [0, 0.05) is 17.4 Å². The second-order valence-corrected chi connectivity index (χ2v) is 9.80. The van der Waals surface area contributed by atoms with Gasteiger partial charge < -0.3 is 4.90 Å². The van der Waals surface area contributed by atoms with Crippen LogP contribution in [-0.4, -0.2) is 42.3 Å². The lowest BCUT2D eigenvalue weighted by atomic mass is 10.0. The molecule has 2 aliphatic heterocycles. The summed E-state index contributed by atoms with van der Waals surface area (Å²) in [6, 6.07) is 6.06. The normalized spacial score (nSPS) is 26.2. The molecule has 25 heavy (non-hydrogen) atoms. The van der Waals surface area contributed by atoms with Crippen LogP contribution in [0.4, 0.5) is 5.69 Å². The molecule has 0 N–H and O–H groups in total. The quantitative estimate of drug-likeness (QED) is 0.803. The lowest BCUT2D eigenvalue weighted by Crippen LogP contribution is -2.39. The molecule has 2 fully saturated rings. The molecule has 0 aromatic heterocycles. The van der Waals surface area contributed by atoms with Crippen molar-refractivity contribution in [1.29, 1.82) is 0 Å². The fraction of sp³-hybridized carbons (Fsp3) is 0.556. The van der Waals surface area contributed by atoms with Crippen molar-refractivity contribution in [3.05, 3.63) is 29.3 Å². The zero-order valence-electron chi connectivity index (χ0n) is 14.9. The number of hydrogen-bond acceptors (Lipinski definition) is 4. The molecule has 1 aromatic rings. The number of amidine groups is 1. The summed E-state index contributed by atoms with van der Waals surface area (Å²) in [5, 5.41) is 0.607. The number of carbonyl (C=O) groups excluding carboxylic acids is 1. The second-order valence-electron chi connectivity index (χ2n) is 6.44. The zero-order valence-corrected chi connectivity index (χ0v) is 16.5. The molecule has 2 atom stereocenters. The average Bonchev–Trinajstić information content (AvgIpc) is 3.04. The molecule has 0 radical (unpaired) electrons. The van der Waals surface area contributed by atoms with Gasteiger partial charge in [-0.25, -0.2) is 8.42 Å². The standard InChI is InChI=1S/C18H24N2O3S2/c1-4-12-8-7-9-13(5-2)17(12)20-14-10-25(22,23)11-15(14)24-18(20)19-16(21)6-3/h7-9,14-15H,4-6,10-11H2,1-3H3/t14-,15-/m0/s1. The minimum Gasteiger partial charge on any atom is -0.315 e. The van der Waals surface area contributed by atoms with Gasteiger partial charge in [0.25, 0.3) is 0 Å². The van der Waals surface area contributed by atoms with Crippen LogP contribution in [0, 0.1) is 0 Å². The van der Waals surface area contributed by atoms with Gasteiger partial charge in [-0.05, 0) is 24.0 Å². The summed E-state index contributed by atoms with van der Waals surface area (Å²) in [5.74, 6) is 0.126. The molecule has 2 heterocycles. The van der Waals surface area contributed by atoms with Gasteiger partial charge in [-0.1, -0.05) is 50.7 Å². The number of sulfone groups is 1. The van der Waals surface area contributed by atoms with Crippen molar-refractivity contribution in [1.82, 2.24) is 0 Å². The molecular weight excluding hydrogens is 356 g/mol. The number of hydrogen-bond donors (Lipinski definition) is 0. The second kappa shape index (κ2) is 7.11. The van der Waals surface area contributed by atoms with Gasteiger partial charge in [-0.15, -0.1) is 0 Å². The SMILES string of the molecule is CCC(=O)N=C1S[C@H]2CS(=O)(=O)C[C@@H]2N1c1c(CC)cccc1CC. The highest BCUT2D eigenvalue weighted by Gasteiger charge is 2.50. The molecule has 1 amide bonds. The Hall–Kier alpha value is -1.34. The maximum absolute atomic E-state index is 12.2. The summed E-state index contributed by atoms with van der Waals surface area (Å²) in [4.78, 5) is 18.3. The van der Waals surface area contributed by atoms with Crippen molar-refractivity contribution in [2.24, 2.45) is 4.99 Å². The van der Waals surface area contributed by atoms with Crippen molar-refractivity contribution < 1.29 is 13.2 Å². The van der Waals surface area contributed by atoms with Crippen molar-refractivity contribution in [2.45, 2.75) is 51.3 Å². The van der Waals surface area contributed by atoms with Crippen LogP contribution in [0.1, 0.15) is 38.3 Å². The number of carbonyl (C=O) groups is 1. The number of amides is 1. The van der Waals surface area contributed by atoms with E-state index in [9.17, 15) is 13.2 Å². The van der Waals surface area contributed by atoms with E-state index < -0.39 is 9.84 Å². The first-order valence-corrected chi connectivity index (χ1v) is 11.5. The molecule has 3 rings (SSSR count). The minimum absolute atomic E-state index is 0.0528. The van der Waals surface area contributed by atoms with Crippen LogP contribution >= 0.6 is 11.8 Å².